The fraction of sp³-hybridized carbons (Fsp3) is 0.120. The molecule has 0 bridgehead atoms. The van der Waals surface area contributed by atoms with Gasteiger partial charge >= 0.3 is 0 Å². The molecular weight excluding hydrogens is 491 g/mol. The fourth-order valence-corrected chi connectivity index (χ4v) is 4.04. The van der Waals surface area contributed by atoms with Crippen molar-refractivity contribution in [2.24, 2.45) is 0 Å². The highest BCUT2D eigenvalue weighted by atomic mass is 35.5. The number of carbonyl (C=O) groups excluding carboxylic acids is 2. The van der Waals surface area contributed by atoms with Crippen LogP contribution in [0.1, 0.15) is 31.4 Å². The summed E-state index contributed by atoms with van der Waals surface area (Å²) in [6.45, 7) is 0.574. The standard InChI is InChI=1S/C25H20ClFN4O3S/c26-17-4-1-3-16(13-17)10-12-28-24(33)21-15-35-22(31-21)14-30-23(32)20-5-2-11-29-25(20)34-19-8-6-18(27)7-9-19/h1-9,11,13,15H,10,12,14H2,(H,28,33)(H,30,32). The molecule has 178 valence electrons. The van der Waals surface area contributed by atoms with E-state index in [4.69, 9.17) is 16.3 Å². The maximum Gasteiger partial charge on any atom is 0.270 e. The molecule has 0 saturated carbocycles. The number of hydrogen-bond acceptors (Lipinski definition) is 6. The number of benzene rings is 2. The second-order valence-corrected chi connectivity index (χ2v) is 8.74. The summed E-state index contributed by atoms with van der Waals surface area (Å²) in [6.07, 6.45) is 2.14. The third kappa shape index (κ3) is 6.84. The maximum absolute atomic E-state index is 13.1. The largest absolute Gasteiger partial charge is 0.438 e. The zero-order chi connectivity index (χ0) is 24.6. The number of aromatic nitrogens is 2. The molecular formula is C25H20ClFN4O3S. The van der Waals surface area contributed by atoms with Gasteiger partial charge in [-0.05, 0) is 60.5 Å². The number of nitrogens with one attached hydrogen (secondary N) is 2. The van der Waals surface area contributed by atoms with E-state index in [0.29, 0.717) is 28.7 Å². The summed E-state index contributed by atoms with van der Waals surface area (Å²) >= 11 is 7.25. The molecule has 2 heterocycles. The van der Waals surface area contributed by atoms with Gasteiger partial charge in [0.15, 0.2) is 0 Å². The molecule has 10 heteroatoms. The molecule has 0 aliphatic rings. The predicted octanol–water partition coefficient (Wildman–Crippen LogP) is 5.03. The summed E-state index contributed by atoms with van der Waals surface area (Å²) in [7, 11) is 0. The second-order valence-electron chi connectivity index (χ2n) is 7.36. The lowest BCUT2D eigenvalue weighted by molar-refractivity contribution is 0.0943. The number of ether oxygens (including phenoxy) is 1. The third-order valence-electron chi connectivity index (χ3n) is 4.82. The number of nitrogens with zero attached hydrogens (tertiary/aromatic N) is 2. The van der Waals surface area contributed by atoms with Gasteiger partial charge in [0.25, 0.3) is 11.8 Å². The van der Waals surface area contributed by atoms with Crippen LogP contribution in [0.15, 0.2) is 72.2 Å². The minimum absolute atomic E-state index is 0.0931. The molecule has 0 spiro atoms. The van der Waals surface area contributed by atoms with Crippen LogP contribution in [-0.2, 0) is 13.0 Å². The molecule has 0 aliphatic carbocycles. The molecule has 0 unspecified atom stereocenters. The van der Waals surface area contributed by atoms with Gasteiger partial charge in [0, 0.05) is 23.1 Å². The number of halogens is 2. The van der Waals surface area contributed by atoms with Crippen LogP contribution in [0.4, 0.5) is 4.39 Å². The Kier molecular flexibility index (Phi) is 8.02. The van der Waals surface area contributed by atoms with Crippen LogP contribution in [0.2, 0.25) is 5.02 Å². The van der Waals surface area contributed by atoms with Gasteiger partial charge in [0.2, 0.25) is 5.88 Å². The molecule has 0 radical (unpaired) electrons. The SMILES string of the molecule is O=C(NCCc1cccc(Cl)c1)c1csc(CNC(=O)c2cccnc2Oc2ccc(F)cc2)n1. The summed E-state index contributed by atoms with van der Waals surface area (Å²) in [4.78, 5) is 33.5. The summed E-state index contributed by atoms with van der Waals surface area (Å²) in [5.41, 5.74) is 1.53. The van der Waals surface area contributed by atoms with Crippen LogP contribution < -0.4 is 15.4 Å². The Balaban J connectivity index is 1.30. The molecule has 4 aromatic rings. The Labute approximate surface area is 210 Å². The third-order valence-corrected chi connectivity index (χ3v) is 5.90. The summed E-state index contributed by atoms with van der Waals surface area (Å²) in [6, 6.07) is 16.1. The average Bonchev–Trinajstić information content (AvgIpc) is 3.34. The summed E-state index contributed by atoms with van der Waals surface area (Å²) < 4.78 is 18.8. The van der Waals surface area contributed by atoms with E-state index in [1.54, 1.807) is 23.6 Å². The lowest BCUT2D eigenvalue weighted by atomic mass is 10.1. The van der Waals surface area contributed by atoms with Gasteiger partial charge in [-0.3, -0.25) is 9.59 Å². The maximum atomic E-state index is 13.1. The first-order valence-corrected chi connectivity index (χ1v) is 11.9. The molecule has 0 fully saturated rings. The average molecular weight is 511 g/mol. The van der Waals surface area contributed by atoms with E-state index in [0.717, 1.165) is 5.56 Å². The van der Waals surface area contributed by atoms with Gasteiger partial charge in [-0.2, -0.15) is 0 Å². The monoisotopic (exact) mass is 510 g/mol. The Morgan fingerprint density at radius 2 is 1.86 bits per heavy atom. The Bertz CT molecular complexity index is 1330. The van der Waals surface area contributed by atoms with Gasteiger partial charge < -0.3 is 15.4 Å². The van der Waals surface area contributed by atoms with Crippen molar-refractivity contribution in [1.29, 1.82) is 0 Å². The Morgan fingerprint density at radius 1 is 1.03 bits per heavy atom. The highest BCUT2D eigenvalue weighted by Gasteiger charge is 2.16. The first-order valence-electron chi connectivity index (χ1n) is 10.6. The van der Waals surface area contributed by atoms with Crippen LogP contribution in [0, 0.1) is 5.82 Å². The number of hydrogen-bond donors (Lipinski definition) is 2. The van der Waals surface area contributed by atoms with E-state index in [1.165, 1.54) is 41.8 Å². The van der Waals surface area contributed by atoms with Crippen molar-refractivity contribution in [3.05, 3.63) is 105 Å². The van der Waals surface area contributed by atoms with E-state index in [2.05, 4.69) is 20.6 Å². The van der Waals surface area contributed by atoms with Crippen molar-refractivity contribution in [3.8, 4) is 11.6 Å². The van der Waals surface area contributed by atoms with Crippen molar-refractivity contribution in [2.45, 2.75) is 13.0 Å². The van der Waals surface area contributed by atoms with Gasteiger partial charge in [-0.25, -0.2) is 14.4 Å². The van der Waals surface area contributed by atoms with Gasteiger partial charge in [-0.1, -0.05) is 23.7 Å². The molecule has 2 amide bonds. The molecule has 2 N–H and O–H groups in total. The Hall–Kier alpha value is -3.82. The normalized spacial score (nSPS) is 10.6. The minimum atomic E-state index is -0.419. The van der Waals surface area contributed by atoms with Crippen molar-refractivity contribution < 1.29 is 18.7 Å². The van der Waals surface area contributed by atoms with Crippen molar-refractivity contribution >= 4 is 34.8 Å². The first kappa shape index (κ1) is 24.3. The van der Waals surface area contributed by atoms with E-state index < -0.39 is 11.7 Å². The van der Waals surface area contributed by atoms with Crippen LogP contribution >= 0.6 is 22.9 Å². The number of thiazole rings is 1. The van der Waals surface area contributed by atoms with Crippen LogP contribution in [0.5, 0.6) is 11.6 Å². The first-order chi connectivity index (χ1) is 17.0. The summed E-state index contributed by atoms with van der Waals surface area (Å²) in [5, 5.41) is 8.46. The summed E-state index contributed by atoms with van der Waals surface area (Å²) in [5.74, 6) is -0.657. The Morgan fingerprint density at radius 3 is 2.66 bits per heavy atom. The van der Waals surface area contributed by atoms with E-state index in [1.807, 2.05) is 18.2 Å². The number of pyridine rings is 1. The van der Waals surface area contributed by atoms with E-state index in [-0.39, 0.29) is 29.6 Å². The van der Waals surface area contributed by atoms with E-state index >= 15 is 0 Å². The fourth-order valence-electron chi connectivity index (χ4n) is 3.11. The molecule has 2 aromatic carbocycles. The zero-order valence-corrected chi connectivity index (χ0v) is 19.9. The highest BCUT2D eigenvalue weighted by Crippen LogP contribution is 2.23. The lowest BCUT2D eigenvalue weighted by Gasteiger charge is -2.09. The van der Waals surface area contributed by atoms with Gasteiger partial charge in [0.1, 0.15) is 27.8 Å². The van der Waals surface area contributed by atoms with Crippen LogP contribution in [0.25, 0.3) is 0 Å². The number of rotatable bonds is 9. The van der Waals surface area contributed by atoms with Crippen LogP contribution in [-0.4, -0.2) is 28.3 Å². The predicted molar refractivity (Wildman–Crippen MR) is 131 cm³/mol. The molecule has 4 rings (SSSR count). The molecule has 0 atom stereocenters. The lowest BCUT2D eigenvalue weighted by Crippen LogP contribution is -2.26. The second kappa shape index (κ2) is 11.5. The van der Waals surface area contributed by atoms with E-state index in [9.17, 15) is 14.0 Å². The molecule has 2 aromatic heterocycles. The highest BCUT2D eigenvalue weighted by molar-refractivity contribution is 7.09. The molecule has 0 aliphatic heterocycles. The van der Waals surface area contributed by atoms with Crippen LogP contribution in [0.3, 0.4) is 0 Å². The zero-order valence-electron chi connectivity index (χ0n) is 18.3. The number of carbonyl (C=O) groups is 2. The van der Waals surface area contributed by atoms with Crippen molar-refractivity contribution in [1.82, 2.24) is 20.6 Å². The number of amides is 2. The molecule has 35 heavy (non-hydrogen) atoms. The minimum Gasteiger partial charge on any atom is -0.438 e. The quantitative estimate of drug-likeness (QED) is 0.329. The smallest absolute Gasteiger partial charge is 0.270 e. The van der Waals surface area contributed by atoms with Gasteiger partial charge in [0.05, 0.1) is 6.54 Å². The molecule has 7 nitrogen and oxygen atoms in total. The van der Waals surface area contributed by atoms with Crippen molar-refractivity contribution in [3.63, 3.8) is 0 Å². The van der Waals surface area contributed by atoms with Gasteiger partial charge in [-0.15, -0.1) is 11.3 Å². The molecule has 0 saturated heterocycles. The topological polar surface area (TPSA) is 93.2 Å². The van der Waals surface area contributed by atoms with Crippen molar-refractivity contribution in [2.75, 3.05) is 6.54 Å².